The number of urea groups is 1. The first-order valence-corrected chi connectivity index (χ1v) is 5.17. The van der Waals surface area contributed by atoms with Crippen LogP contribution in [0.15, 0.2) is 24.3 Å². The number of amides is 2. The number of carbonyl (C=O) groups is 1. The van der Waals surface area contributed by atoms with Crippen LogP contribution in [0.4, 0.5) is 10.6 Å². The maximum atomic E-state index is 10.9. The van der Waals surface area contributed by atoms with Gasteiger partial charge in [0.15, 0.2) is 5.82 Å². The number of hydrogen-bond acceptors (Lipinski definition) is 4. The zero-order valence-corrected chi connectivity index (χ0v) is 8.89. The molecule has 0 aliphatic carbocycles. The summed E-state index contributed by atoms with van der Waals surface area (Å²) in [5.74, 6) is 0.666. The number of fused-ring (bicyclic) bond motifs is 1. The van der Waals surface area contributed by atoms with E-state index in [1.807, 2.05) is 24.3 Å². The number of hydrazine groups is 1. The number of hydrogen-bond donors (Lipinski definition) is 3. The van der Waals surface area contributed by atoms with Gasteiger partial charge in [0.05, 0.1) is 4.70 Å². The number of benzene rings is 1. The van der Waals surface area contributed by atoms with Crippen molar-refractivity contribution in [1.29, 1.82) is 0 Å². The first-order valence-electron chi connectivity index (χ1n) is 4.39. The normalized spacial score (nSPS) is 9.93. The molecule has 1 aromatic carbocycles. The molecule has 2 aromatic rings. The molecule has 0 saturated heterocycles. The molecule has 0 unspecified atom stereocenters. The summed E-state index contributed by atoms with van der Waals surface area (Å²) in [4.78, 5) is 10.9. The molecule has 0 atom stereocenters. The number of rotatable bonds is 2. The van der Waals surface area contributed by atoms with Crippen molar-refractivity contribution in [3.05, 3.63) is 24.3 Å². The molecule has 6 heteroatoms. The molecular formula is C9H10N4OS. The summed E-state index contributed by atoms with van der Waals surface area (Å²) in [5.41, 5.74) is 5.23. The van der Waals surface area contributed by atoms with Gasteiger partial charge < -0.3 is 5.32 Å². The Bertz CT molecular complexity index is 482. The zero-order chi connectivity index (χ0) is 10.7. The summed E-state index contributed by atoms with van der Waals surface area (Å²) in [7, 11) is 1.55. The topological polar surface area (TPSA) is 66.1 Å². The maximum absolute atomic E-state index is 10.9. The molecule has 0 fully saturated rings. The highest BCUT2D eigenvalue weighted by molar-refractivity contribution is 7.13. The van der Waals surface area contributed by atoms with Gasteiger partial charge in [0.1, 0.15) is 0 Å². The third-order valence-corrected chi connectivity index (χ3v) is 2.73. The van der Waals surface area contributed by atoms with Crippen LogP contribution in [-0.2, 0) is 0 Å². The lowest BCUT2D eigenvalue weighted by atomic mass is 10.3. The largest absolute Gasteiger partial charge is 0.340 e. The van der Waals surface area contributed by atoms with Crippen molar-refractivity contribution in [2.45, 2.75) is 0 Å². The van der Waals surface area contributed by atoms with E-state index in [1.54, 1.807) is 7.05 Å². The third kappa shape index (κ3) is 1.99. The molecule has 78 valence electrons. The van der Waals surface area contributed by atoms with Crippen molar-refractivity contribution in [3.63, 3.8) is 0 Å². The predicted octanol–water partition coefficient (Wildman–Crippen LogP) is 1.55. The molecule has 1 heterocycles. The average Bonchev–Trinajstić information content (AvgIpc) is 2.69. The first-order chi connectivity index (χ1) is 7.31. The van der Waals surface area contributed by atoms with Gasteiger partial charge in [-0.2, -0.15) is 4.37 Å². The smallest absolute Gasteiger partial charge is 0.333 e. The number of nitrogens with zero attached hydrogens (tertiary/aromatic N) is 1. The van der Waals surface area contributed by atoms with E-state index >= 15 is 0 Å². The Morgan fingerprint density at radius 1 is 1.40 bits per heavy atom. The fraction of sp³-hybridized carbons (Fsp3) is 0.111. The molecule has 0 radical (unpaired) electrons. The molecular weight excluding hydrogens is 212 g/mol. The lowest BCUT2D eigenvalue weighted by molar-refractivity contribution is 0.245. The van der Waals surface area contributed by atoms with Gasteiger partial charge in [-0.05, 0) is 23.7 Å². The van der Waals surface area contributed by atoms with Crippen molar-refractivity contribution in [2.24, 2.45) is 0 Å². The molecule has 2 rings (SSSR count). The number of carbonyl (C=O) groups excluding carboxylic acids is 1. The Balaban J connectivity index is 2.18. The molecule has 0 saturated carbocycles. The fourth-order valence-corrected chi connectivity index (χ4v) is 1.89. The van der Waals surface area contributed by atoms with Gasteiger partial charge >= 0.3 is 6.03 Å². The molecule has 3 N–H and O–H groups in total. The third-order valence-electron chi connectivity index (χ3n) is 1.90. The molecule has 2 amide bonds. The van der Waals surface area contributed by atoms with Crippen molar-refractivity contribution in [2.75, 3.05) is 12.5 Å². The van der Waals surface area contributed by atoms with Gasteiger partial charge in [-0.3, -0.25) is 10.9 Å². The van der Waals surface area contributed by atoms with Crippen molar-refractivity contribution < 1.29 is 4.79 Å². The Morgan fingerprint density at radius 3 is 3.00 bits per heavy atom. The second-order valence-electron chi connectivity index (χ2n) is 2.86. The van der Waals surface area contributed by atoms with E-state index in [1.165, 1.54) is 11.5 Å². The van der Waals surface area contributed by atoms with Crippen LogP contribution in [0, 0.1) is 0 Å². The van der Waals surface area contributed by atoms with Gasteiger partial charge in [-0.25, -0.2) is 4.79 Å². The zero-order valence-electron chi connectivity index (χ0n) is 8.07. The van der Waals surface area contributed by atoms with Gasteiger partial charge in [0.25, 0.3) is 0 Å². The predicted molar refractivity (Wildman–Crippen MR) is 60.8 cm³/mol. The summed E-state index contributed by atoms with van der Waals surface area (Å²) in [6.07, 6.45) is 0. The summed E-state index contributed by atoms with van der Waals surface area (Å²) in [6.45, 7) is 0. The van der Waals surface area contributed by atoms with Gasteiger partial charge in [-0.15, -0.1) is 0 Å². The van der Waals surface area contributed by atoms with Crippen molar-refractivity contribution in [1.82, 2.24) is 15.1 Å². The Morgan fingerprint density at radius 2 is 2.20 bits per heavy atom. The van der Waals surface area contributed by atoms with Crippen LogP contribution in [0.2, 0.25) is 0 Å². The molecule has 0 bridgehead atoms. The minimum Gasteiger partial charge on any atom is -0.340 e. The molecule has 0 spiro atoms. The second kappa shape index (κ2) is 4.14. The summed E-state index contributed by atoms with van der Waals surface area (Å²) in [5, 5.41) is 3.44. The maximum Gasteiger partial charge on any atom is 0.333 e. The van der Waals surface area contributed by atoms with Crippen LogP contribution in [0.5, 0.6) is 0 Å². The SMILES string of the molecule is CNC(=O)NNc1nsc2ccccc12. The molecule has 0 aliphatic rings. The lowest BCUT2D eigenvalue weighted by Gasteiger charge is -2.04. The Kier molecular flexibility index (Phi) is 2.68. The van der Waals surface area contributed by atoms with E-state index in [0.717, 1.165) is 10.1 Å². The second-order valence-corrected chi connectivity index (χ2v) is 3.66. The standard InChI is InChI=1S/C9H10N4OS/c1-10-9(14)12-11-8-6-4-2-3-5-7(6)15-13-8/h2-5H,1H3,(H,11,13)(H2,10,12,14). The van der Waals surface area contributed by atoms with Gasteiger partial charge in [-0.1, -0.05) is 12.1 Å². The number of aromatic nitrogens is 1. The Hall–Kier alpha value is -1.82. The molecule has 1 aromatic heterocycles. The van der Waals surface area contributed by atoms with E-state index in [4.69, 9.17) is 0 Å². The summed E-state index contributed by atoms with van der Waals surface area (Å²) in [6, 6.07) is 7.52. The molecule has 15 heavy (non-hydrogen) atoms. The highest BCUT2D eigenvalue weighted by atomic mass is 32.1. The van der Waals surface area contributed by atoms with Gasteiger partial charge in [0.2, 0.25) is 0 Å². The quantitative estimate of drug-likeness (QED) is 0.675. The van der Waals surface area contributed by atoms with Crippen molar-refractivity contribution in [3.8, 4) is 0 Å². The number of anilines is 1. The van der Waals surface area contributed by atoms with E-state index in [-0.39, 0.29) is 6.03 Å². The van der Waals surface area contributed by atoms with Crippen LogP contribution >= 0.6 is 11.5 Å². The Labute approximate surface area is 90.6 Å². The summed E-state index contributed by atoms with van der Waals surface area (Å²) < 4.78 is 5.27. The van der Waals surface area contributed by atoms with E-state index in [9.17, 15) is 4.79 Å². The average molecular weight is 222 g/mol. The van der Waals surface area contributed by atoms with E-state index in [0.29, 0.717) is 5.82 Å². The molecule has 5 nitrogen and oxygen atoms in total. The van der Waals surface area contributed by atoms with Crippen LogP contribution in [0.25, 0.3) is 10.1 Å². The lowest BCUT2D eigenvalue weighted by Crippen LogP contribution is -2.36. The van der Waals surface area contributed by atoms with Crippen molar-refractivity contribution >= 4 is 33.5 Å². The van der Waals surface area contributed by atoms with Crippen LogP contribution < -0.4 is 16.2 Å². The van der Waals surface area contributed by atoms with Crippen LogP contribution in [-0.4, -0.2) is 17.5 Å². The monoisotopic (exact) mass is 222 g/mol. The van der Waals surface area contributed by atoms with Gasteiger partial charge in [0, 0.05) is 12.4 Å². The first kappa shape index (κ1) is 9.72. The fourth-order valence-electron chi connectivity index (χ4n) is 1.15. The highest BCUT2D eigenvalue weighted by Crippen LogP contribution is 2.25. The minimum absolute atomic E-state index is 0.299. The number of nitrogens with one attached hydrogen (secondary N) is 3. The van der Waals surface area contributed by atoms with Crippen LogP contribution in [0.1, 0.15) is 0 Å². The summed E-state index contributed by atoms with van der Waals surface area (Å²) >= 11 is 1.39. The van der Waals surface area contributed by atoms with E-state index in [2.05, 4.69) is 20.5 Å². The highest BCUT2D eigenvalue weighted by Gasteiger charge is 2.04. The van der Waals surface area contributed by atoms with E-state index < -0.39 is 0 Å². The molecule has 0 aliphatic heterocycles. The minimum atomic E-state index is -0.299. The van der Waals surface area contributed by atoms with Crippen LogP contribution in [0.3, 0.4) is 0 Å².